The molecule has 116 valence electrons. The first-order valence-electron chi connectivity index (χ1n) is 6.01. The fraction of sp³-hybridized carbons (Fsp3) is 0.231. The van der Waals surface area contributed by atoms with Gasteiger partial charge in [-0.3, -0.25) is 4.79 Å². The maximum absolute atomic E-state index is 12.0. The van der Waals surface area contributed by atoms with Crippen LogP contribution in [0.15, 0.2) is 24.3 Å². The van der Waals surface area contributed by atoms with Gasteiger partial charge in [0.2, 0.25) is 0 Å². The number of ether oxygens (including phenoxy) is 2. The molecule has 2 aromatic rings. The van der Waals surface area contributed by atoms with Crippen LogP contribution in [0.25, 0.3) is 0 Å². The van der Waals surface area contributed by atoms with Crippen molar-refractivity contribution in [3.05, 3.63) is 40.4 Å². The number of hydrogen-bond donors (Lipinski definition) is 0. The molecule has 6 nitrogen and oxygen atoms in total. The lowest BCUT2D eigenvalue weighted by Crippen LogP contribution is -2.14. The molecule has 22 heavy (non-hydrogen) atoms. The molecular formula is C13H10F2N2O4S. The summed E-state index contributed by atoms with van der Waals surface area (Å²) in [5, 5.41) is 3.66. The Morgan fingerprint density at radius 3 is 2.50 bits per heavy atom. The van der Waals surface area contributed by atoms with Crippen LogP contribution in [-0.2, 0) is 4.74 Å². The summed E-state index contributed by atoms with van der Waals surface area (Å²) in [6.07, 6.45) is 0. The second-order valence-corrected chi connectivity index (χ2v) is 4.84. The summed E-state index contributed by atoms with van der Waals surface area (Å²) >= 11 is 0.878. The molecule has 0 atom stereocenters. The number of benzene rings is 1. The van der Waals surface area contributed by atoms with E-state index in [0.29, 0.717) is 5.69 Å². The fourth-order valence-electron chi connectivity index (χ4n) is 1.52. The van der Waals surface area contributed by atoms with Crippen molar-refractivity contribution in [3.8, 4) is 5.75 Å². The van der Waals surface area contributed by atoms with E-state index in [2.05, 4.69) is 14.3 Å². The minimum atomic E-state index is -2.93. The Labute approximate surface area is 127 Å². The van der Waals surface area contributed by atoms with Crippen molar-refractivity contribution in [1.82, 2.24) is 9.59 Å². The standard InChI is InChI=1S/C13H10F2N2O4S/c1-7-11(22-17-16-7)12(19)20-6-10(18)8-2-4-9(5-3-8)21-13(14)15/h2-5,13H,6H2,1H3. The van der Waals surface area contributed by atoms with Crippen LogP contribution in [0, 0.1) is 6.92 Å². The third kappa shape index (κ3) is 4.04. The number of aromatic nitrogens is 2. The first kappa shape index (κ1) is 16.0. The molecule has 0 saturated carbocycles. The van der Waals surface area contributed by atoms with Crippen molar-refractivity contribution in [2.75, 3.05) is 6.61 Å². The van der Waals surface area contributed by atoms with Crippen LogP contribution in [-0.4, -0.2) is 34.6 Å². The second-order valence-electron chi connectivity index (χ2n) is 4.09. The molecule has 0 amide bonds. The summed E-state index contributed by atoms with van der Waals surface area (Å²) in [5.41, 5.74) is 0.643. The van der Waals surface area contributed by atoms with Gasteiger partial charge in [0.1, 0.15) is 5.75 Å². The van der Waals surface area contributed by atoms with E-state index < -0.39 is 25.0 Å². The summed E-state index contributed by atoms with van der Waals surface area (Å²) in [4.78, 5) is 23.8. The van der Waals surface area contributed by atoms with E-state index in [1.165, 1.54) is 24.3 Å². The van der Waals surface area contributed by atoms with E-state index in [9.17, 15) is 18.4 Å². The lowest BCUT2D eigenvalue weighted by molar-refractivity contribution is -0.0498. The van der Waals surface area contributed by atoms with Crippen molar-refractivity contribution in [2.45, 2.75) is 13.5 Å². The fourth-order valence-corrected chi connectivity index (χ4v) is 2.07. The molecule has 0 fully saturated rings. The van der Waals surface area contributed by atoms with Gasteiger partial charge in [-0.15, -0.1) is 5.10 Å². The maximum atomic E-state index is 12.0. The van der Waals surface area contributed by atoms with Crippen LogP contribution in [0.3, 0.4) is 0 Å². The average Bonchev–Trinajstić information content (AvgIpc) is 2.91. The SMILES string of the molecule is Cc1nnsc1C(=O)OCC(=O)c1ccc(OC(F)F)cc1. The number of alkyl halides is 2. The molecule has 9 heteroatoms. The Morgan fingerprint density at radius 1 is 1.27 bits per heavy atom. The zero-order valence-corrected chi connectivity index (χ0v) is 12.1. The highest BCUT2D eigenvalue weighted by Crippen LogP contribution is 2.16. The molecule has 0 N–H and O–H groups in total. The molecule has 0 spiro atoms. The van der Waals surface area contributed by atoms with Crippen molar-refractivity contribution in [2.24, 2.45) is 0 Å². The van der Waals surface area contributed by atoms with Crippen LogP contribution in [0.4, 0.5) is 8.78 Å². The topological polar surface area (TPSA) is 78.4 Å². The van der Waals surface area contributed by atoms with Gasteiger partial charge in [0, 0.05) is 5.56 Å². The Balaban J connectivity index is 1.92. The van der Waals surface area contributed by atoms with Crippen molar-refractivity contribution < 1.29 is 27.8 Å². The van der Waals surface area contributed by atoms with Gasteiger partial charge in [-0.05, 0) is 42.7 Å². The van der Waals surface area contributed by atoms with Gasteiger partial charge in [0.15, 0.2) is 17.3 Å². The van der Waals surface area contributed by atoms with Crippen LogP contribution in [0.1, 0.15) is 25.7 Å². The minimum absolute atomic E-state index is 0.0603. The normalized spacial score (nSPS) is 10.5. The first-order valence-corrected chi connectivity index (χ1v) is 6.79. The van der Waals surface area contributed by atoms with Gasteiger partial charge < -0.3 is 9.47 Å². The van der Waals surface area contributed by atoms with Gasteiger partial charge in [0.25, 0.3) is 0 Å². The summed E-state index contributed by atoms with van der Waals surface area (Å²) in [6, 6.07) is 5.09. The highest BCUT2D eigenvalue weighted by Gasteiger charge is 2.17. The maximum Gasteiger partial charge on any atom is 0.387 e. The monoisotopic (exact) mass is 328 g/mol. The molecule has 0 aliphatic carbocycles. The Morgan fingerprint density at radius 2 is 1.95 bits per heavy atom. The van der Waals surface area contributed by atoms with Crippen LogP contribution in [0.2, 0.25) is 0 Å². The Bertz CT molecular complexity index is 673. The lowest BCUT2D eigenvalue weighted by atomic mass is 10.1. The molecule has 0 aliphatic rings. The number of halogens is 2. The van der Waals surface area contributed by atoms with E-state index in [0.717, 1.165) is 11.5 Å². The number of carbonyl (C=O) groups is 2. The largest absolute Gasteiger partial charge is 0.453 e. The number of ketones is 1. The zero-order valence-electron chi connectivity index (χ0n) is 11.3. The third-order valence-electron chi connectivity index (χ3n) is 2.57. The lowest BCUT2D eigenvalue weighted by Gasteiger charge is -2.06. The van der Waals surface area contributed by atoms with E-state index in [1.807, 2.05) is 0 Å². The highest BCUT2D eigenvalue weighted by molar-refractivity contribution is 7.07. The van der Waals surface area contributed by atoms with E-state index in [4.69, 9.17) is 4.74 Å². The summed E-state index contributed by atoms with van der Waals surface area (Å²) in [5.74, 6) is -1.21. The number of nitrogens with zero attached hydrogens (tertiary/aromatic N) is 2. The highest BCUT2D eigenvalue weighted by atomic mass is 32.1. The molecule has 0 unspecified atom stereocenters. The van der Waals surface area contributed by atoms with E-state index in [1.54, 1.807) is 6.92 Å². The first-order chi connectivity index (χ1) is 10.5. The molecule has 0 radical (unpaired) electrons. The number of rotatable bonds is 6. The van der Waals surface area contributed by atoms with Crippen molar-refractivity contribution in [3.63, 3.8) is 0 Å². The molecule has 0 aliphatic heterocycles. The summed E-state index contributed by atoms with van der Waals surface area (Å²) in [7, 11) is 0. The number of aryl methyl sites for hydroxylation is 1. The number of hydrogen-bond acceptors (Lipinski definition) is 7. The number of esters is 1. The zero-order chi connectivity index (χ0) is 16.1. The molecule has 1 heterocycles. The predicted octanol–water partition coefficient (Wildman–Crippen LogP) is 2.49. The Kier molecular flexibility index (Phi) is 5.10. The molecule has 1 aromatic carbocycles. The Hall–Kier alpha value is -2.42. The van der Waals surface area contributed by atoms with E-state index >= 15 is 0 Å². The van der Waals surface area contributed by atoms with Crippen LogP contribution in [0.5, 0.6) is 5.75 Å². The number of Topliss-reactive ketones (excluding diaryl/α,β-unsaturated/α-hetero) is 1. The van der Waals surface area contributed by atoms with Crippen molar-refractivity contribution >= 4 is 23.3 Å². The molecule has 1 aromatic heterocycles. The quantitative estimate of drug-likeness (QED) is 0.599. The van der Waals surface area contributed by atoms with Gasteiger partial charge in [-0.1, -0.05) is 4.49 Å². The van der Waals surface area contributed by atoms with Gasteiger partial charge >= 0.3 is 12.6 Å². The molecule has 0 bridgehead atoms. The average molecular weight is 328 g/mol. The second kappa shape index (κ2) is 7.03. The smallest absolute Gasteiger partial charge is 0.387 e. The van der Waals surface area contributed by atoms with Crippen molar-refractivity contribution in [1.29, 1.82) is 0 Å². The number of carbonyl (C=O) groups excluding carboxylic acids is 2. The van der Waals surface area contributed by atoms with Crippen LogP contribution >= 0.6 is 11.5 Å². The van der Waals surface area contributed by atoms with Gasteiger partial charge in [0.05, 0.1) is 5.69 Å². The molecule has 2 rings (SSSR count). The molecule has 0 saturated heterocycles. The predicted molar refractivity (Wildman–Crippen MR) is 72.3 cm³/mol. The summed E-state index contributed by atoms with van der Waals surface area (Å²) in [6.45, 7) is -1.80. The summed E-state index contributed by atoms with van der Waals surface area (Å²) < 4.78 is 36.6. The minimum Gasteiger partial charge on any atom is -0.453 e. The van der Waals surface area contributed by atoms with Crippen LogP contribution < -0.4 is 4.74 Å². The van der Waals surface area contributed by atoms with Gasteiger partial charge in [-0.2, -0.15) is 8.78 Å². The third-order valence-corrected chi connectivity index (χ3v) is 3.38. The van der Waals surface area contributed by atoms with E-state index in [-0.39, 0.29) is 16.2 Å². The van der Waals surface area contributed by atoms with Gasteiger partial charge in [-0.25, -0.2) is 4.79 Å². The molecular weight excluding hydrogens is 318 g/mol.